The molecule has 0 saturated heterocycles. The number of halogens is 1. The van der Waals surface area contributed by atoms with E-state index in [9.17, 15) is 28.4 Å². The molecule has 0 spiro atoms. The van der Waals surface area contributed by atoms with Crippen LogP contribution in [0, 0.1) is 19.7 Å². The molecule has 0 fully saturated rings. The molecule has 1 aromatic heterocycles. The van der Waals surface area contributed by atoms with Crippen LogP contribution < -0.4 is 20.9 Å². The Bertz CT molecular complexity index is 2440. The summed E-state index contributed by atoms with van der Waals surface area (Å²) in [4.78, 5) is 74.8. The van der Waals surface area contributed by atoms with Gasteiger partial charge in [-0.3, -0.25) is 19.2 Å². The van der Waals surface area contributed by atoms with Crippen LogP contribution in [0.4, 0.5) is 14.9 Å². The highest BCUT2D eigenvalue weighted by atomic mass is 19.1. The summed E-state index contributed by atoms with van der Waals surface area (Å²) in [6.07, 6.45) is 1.38. The summed E-state index contributed by atoms with van der Waals surface area (Å²) >= 11 is 0. The van der Waals surface area contributed by atoms with Crippen molar-refractivity contribution in [2.75, 3.05) is 90.4 Å². The summed E-state index contributed by atoms with van der Waals surface area (Å²) in [5.41, 5.74) is 6.10. The highest BCUT2D eigenvalue weighted by Gasteiger charge is 2.40. The summed E-state index contributed by atoms with van der Waals surface area (Å²) in [7, 11) is 0. The number of likely N-dealkylation sites (N-methyl/N-ethyl adjacent to an activating group) is 1. The Labute approximate surface area is 385 Å². The maximum Gasteiger partial charge on any atom is 0.421 e. The van der Waals surface area contributed by atoms with Crippen LogP contribution in [-0.4, -0.2) is 125 Å². The fraction of sp³-hybridized carbons (Fsp3) is 0.420. The minimum absolute atomic E-state index is 0.0296. The summed E-state index contributed by atoms with van der Waals surface area (Å²) < 4.78 is 37.2. The van der Waals surface area contributed by atoms with Crippen LogP contribution in [0.3, 0.4) is 0 Å². The molecule has 66 heavy (non-hydrogen) atoms. The third kappa shape index (κ3) is 11.4. The topological polar surface area (TPSA) is 181 Å². The number of nitrogens with zero attached hydrogens (tertiary/aromatic N) is 2. The standard InChI is InChI=1S/C50H61FN6O9/c1-7-21-64-22-18-53-46(58)33-11-14-36-37-15-12-34(47(59)54-19-23-65-25-24-63-10-4)27-39(37)42(38(36)26-33)30-66-50(62)57-44-16-13-35(51)28-40(44)41(49(57)61)29-43-31(5)45(32(6)55-43)48(60)52-17-20-56(8-2)9-3/h11-16,26-29,42,55H,7-10,17-25,30H2,1-6H3,(H,52,60)(H,53,58)(H,54,59)/b41-29-. The average Bonchev–Trinajstić information content (AvgIpc) is 3.89. The van der Waals surface area contributed by atoms with Gasteiger partial charge in [-0.15, -0.1) is 0 Å². The first-order valence-electron chi connectivity index (χ1n) is 22.7. The van der Waals surface area contributed by atoms with Crippen molar-refractivity contribution in [1.82, 2.24) is 25.8 Å². The maximum atomic E-state index is 14.9. The molecule has 0 radical (unpaired) electrons. The number of nitrogens with one attached hydrogen (secondary N) is 4. The number of carbonyl (C=O) groups is 5. The molecule has 5 amide bonds. The zero-order valence-corrected chi connectivity index (χ0v) is 38.7. The van der Waals surface area contributed by atoms with Gasteiger partial charge in [-0.25, -0.2) is 14.1 Å². The minimum Gasteiger partial charge on any atom is -0.448 e. The largest absolute Gasteiger partial charge is 0.448 e. The fourth-order valence-corrected chi connectivity index (χ4v) is 8.27. The van der Waals surface area contributed by atoms with Crippen molar-refractivity contribution in [2.45, 2.75) is 53.9 Å². The number of fused-ring (bicyclic) bond motifs is 4. The number of imide groups is 1. The van der Waals surface area contributed by atoms with Gasteiger partial charge >= 0.3 is 6.09 Å². The second kappa shape index (κ2) is 23.3. The number of rotatable bonds is 23. The van der Waals surface area contributed by atoms with E-state index in [1.54, 1.807) is 38.1 Å². The Morgan fingerprint density at radius 1 is 0.742 bits per heavy atom. The number of H-pyrrole nitrogens is 1. The number of aromatic nitrogens is 1. The number of amides is 5. The van der Waals surface area contributed by atoms with Gasteiger partial charge in [-0.2, -0.15) is 0 Å². The predicted octanol–water partition coefficient (Wildman–Crippen LogP) is 6.62. The molecule has 1 aliphatic heterocycles. The highest BCUT2D eigenvalue weighted by molar-refractivity contribution is 6.41. The molecule has 0 saturated carbocycles. The molecular formula is C50H61FN6O9. The van der Waals surface area contributed by atoms with E-state index < -0.39 is 23.7 Å². The monoisotopic (exact) mass is 908 g/mol. The smallest absolute Gasteiger partial charge is 0.421 e. The van der Waals surface area contributed by atoms with Gasteiger partial charge in [-0.05, 0) is 117 Å². The Morgan fingerprint density at radius 3 is 1.95 bits per heavy atom. The second-order valence-electron chi connectivity index (χ2n) is 16.0. The van der Waals surface area contributed by atoms with E-state index in [-0.39, 0.29) is 47.7 Å². The number of hydrogen-bond donors (Lipinski definition) is 4. The first kappa shape index (κ1) is 49.2. The van der Waals surface area contributed by atoms with Crippen LogP contribution in [0.2, 0.25) is 0 Å². The number of aromatic amines is 1. The number of hydrogen-bond acceptors (Lipinski definition) is 10. The lowest BCUT2D eigenvalue weighted by atomic mass is 9.95. The van der Waals surface area contributed by atoms with Crippen molar-refractivity contribution in [3.05, 3.63) is 111 Å². The fourth-order valence-electron chi connectivity index (χ4n) is 8.27. The van der Waals surface area contributed by atoms with E-state index in [4.69, 9.17) is 18.9 Å². The van der Waals surface area contributed by atoms with Crippen LogP contribution in [0.5, 0.6) is 0 Å². The second-order valence-corrected chi connectivity index (χ2v) is 16.0. The Morgan fingerprint density at radius 2 is 1.35 bits per heavy atom. The Hall–Kier alpha value is -6.20. The van der Waals surface area contributed by atoms with Crippen molar-refractivity contribution in [2.24, 2.45) is 0 Å². The van der Waals surface area contributed by atoms with Crippen LogP contribution in [0.15, 0.2) is 54.6 Å². The first-order valence-corrected chi connectivity index (χ1v) is 22.7. The number of aryl methyl sites for hydroxylation is 1. The van der Waals surface area contributed by atoms with E-state index >= 15 is 0 Å². The molecule has 4 aromatic rings. The van der Waals surface area contributed by atoms with E-state index in [2.05, 4.69) is 39.7 Å². The van der Waals surface area contributed by atoms with Crippen molar-refractivity contribution in [3.63, 3.8) is 0 Å². The van der Waals surface area contributed by atoms with Gasteiger partial charge in [0.15, 0.2) is 0 Å². The van der Waals surface area contributed by atoms with Crippen molar-refractivity contribution in [1.29, 1.82) is 0 Å². The Kier molecular flexibility index (Phi) is 17.4. The third-order valence-electron chi connectivity index (χ3n) is 11.7. The van der Waals surface area contributed by atoms with Gasteiger partial charge in [-0.1, -0.05) is 32.9 Å². The molecule has 6 rings (SSSR count). The summed E-state index contributed by atoms with van der Waals surface area (Å²) in [5.74, 6) is -2.90. The van der Waals surface area contributed by atoms with E-state index in [0.717, 1.165) is 41.6 Å². The molecule has 1 aliphatic carbocycles. The lowest BCUT2D eigenvalue weighted by Gasteiger charge is -2.19. The molecule has 0 bridgehead atoms. The molecule has 1 unspecified atom stereocenters. The maximum absolute atomic E-state index is 14.9. The normalized spacial score (nSPS) is 14.4. The quantitative estimate of drug-likeness (QED) is 0.0467. The molecule has 2 heterocycles. The summed E-state index contributed by atoms with van der Waals surface area (Å²) in [6.45, 7) is 17.4. The molecular weight excluding hydrogens is 848 g/mol. The van der Waals surface area contributed by atoms with Gasteiger partial charge in [0.05, 0.1) is 43.3 Å². The Balaban J connectivity index is 1.24. The van der Waals surface area contributed by atoms with Gasteiger partial charge in [0, 0.05) is 73.4 Å². The van der Waals surface area contributed by atoms with Crippen LogP contribution in [-0.2, 0) is 23.7 Å². The lowest BCUT2D eigenvalue weighted by molar-refractivity contribution is -0.112. The number of anilines is 1. The van der Waals surface area contributed by atoms with E-state index in [1.165, 1.54) is 18.2 Å². The molecule has 16 heteroatoms. The SMILES string of the molecule is CCCOCCNC(=O)c1ccc2c(c1)C(COC(=O)N1C(=O)/C(=C\c3[nH]c(C)c(C(=O)NCCN(CC)CC)c3C)c3cc(F)ccc31)c1cc(C(=O)NCCOCCOCC)ccc1-2. The molecule has 2 aliphatic rings. The zero-order chi connectivity index (χ0) is 47.3. The first-order chi connectivity index (χ1) is 31.9. The van der Waals surface area contributed by atoms with Gasteiger partial charge in [0.2, 0.25) is 0 Å². The minimum atomic E-state index is -1.00. The van der Waals surface area contributed by atoms with E-state index in [0.29, 0.717) is 104 Å². The highest BCUT2D eigenvalue weighted by Crippen LogP contribution is 2.46. The van der Waals surface area contributed by atoms with Crippen molar-refractivity contribution < 1.29 is 47.3 Å². The molecule has 1 atom stereocenters. The molecule has 15 nitrogen and oxygen atoms in total. The molecule has 3 aromatic carbocycles. The van der Waals surface area contributed by atoms with Crippen molar-refractivity contribution >= 4 is 47.1 Å². The molecule has 4 N–H and O–H groups in total. The van der Waals surface area contributed by atoms with Crippen LogP contribution in [0.25, 0.3) is 22.8 Å². The lowest BCUT2D eigenvalue weighted by Crippen LogP contribution is -2.35. The third-order valence-corrected chi connectivity index (χ3v) is 11.7. The molecule has 352 valence electrons. The van der Waals surface area contributed by atoms with Gasteiger partial charge < -0.3 is 44.8 Å². The predicted molar refractivity (Wildman–Crippen MR) is 250 cm³/mol. The number of benzene rings is 3. The van der Waals surface area contributed by atoms with Crippen LogP contribution in [0.1, 0.15) is 105 Å². The average molecular weight is 909 g/mol. The zero-order valence-electron chi connectivity index (χ0n) is 38.7. The van der Waals surface area contributed by atoms with Gasteiger partial charge in [0.1, 0.15) is 12.4 Å². The number of ether oxygens (including phenoxy) is 4. The summed E-state index contributed by atoms with van der Waals surface area (Å²) in [6, 6.07) is 14.3. The van der Waals surface area contributed by atoms with E-state index in [1.807, 2.05) is 26.0 Å². The van der Waals surface area contributed by atoms with Gasteiger partial charge in [0.25, 0.3) is 23.6 Å². The van der Waals surface area contributed by atoms with Crippen molar-refractivity contribution in [3.8, 4) is 11.1 Å². The van der Waals surface area contributed by atoms with Crippen LogP contribution >= 0.6 is 0 Å². The summed E-state index contributed by atoms with van der Waals surface area (Å²) in [5, 5.41) is 8.74. The number of carbonyl (C=O) groups excluding carboxylic acids is 5.